The molecule has 0 aliphatic heterocycles. The summed E-state index contributed by atoms with van der Waals surface area (Å²) in [6.07, 6.45) is 2.04. The minimum atomic E-state index is -4.74. The molecule has 0 fully saturated rings. The molecule has 11 nitrogen and oxygen atoms in total. The number of benzene rings is 1. The van der Waals surface area contributed by atoms with Crippen molar-refractivity contribution in [3.05, 3.63) is 59.8 Å². The second-order valence-corrected chi connectivity index (χ2v) is 9.15. The average molecular weight is 570 g/mol. The highest BCUT2D eigenvalue weighted by Gasteiger charge is 2.38. The van der Waals surface area contributed by atoms with Crippen molar-refractivity contribution >= 4 is 23.1 Å². The number of rotatable bonds is 12. The Kier molecular flexibility index (Phi) is 9.21. The maximum Gasteiger partial charge on any atom is 0.435 e. The molecule has 4 N–H and O–H groups in total. The number of ether oxygens (including phenoxy) is 1. The van der Waals surface area contributed by atoms with Gasteiger partial charge in [0.1, 0.15) is 6.04 Å². The minimum Gasteiger partial charge on any atom is -0.380 e. The molecule has 41 heavy (non-hydrogen) atoms. The standard InChI is InChI=1S/C27H30F3N9O2/c1-3-18-13-19(5-6-20(18)26(40)34-9-12-41-11-4-7-31)36-24-25-35-15-22(38(25)10-8-33-24)21-16-39(17(2)14-32)37-23(21)27(28,29)30/h5-6,8,10,13,15-17H,3-4,7,9,11-12,31H2,1-2H3,(H,33,36)(H,34,40). The molecule has 1 atom stereocenters. The first-order valence-corrected chi connectivity index (χ1v) is 13.0. The van der Waals surface area contributed by atoms with Gasteiger partial charge in [0, 0.05) is 43.0 Å². The third-order valence-corrected chi connectivity index (χ3v) is 6.31. The van der Waals surface area contributed by atoms with Crippen molar-refractivity contribution in [1.29, 1.82) is 5.26 Å². The Morgan fingerprint density at radius 3 is 2.78 bits per heavy atom. The monoisotopic (exact) mass is 569 g/mol. The Labute approximate surface area is 234 Å². The van der Waals surface area contributed by atoms with Crippen LogP contribution in [-0.2, 0) is 17.3 Å². The van der Waals surface area contributed by atoms with Gasteiger partial charge in [0.25, 0.3) is 5.91 Å². The summed E-state index contributed by atoms with van der Waals surface area (Å²) >= 11 is 0. The zero-order chi connectivity index (χ0) is 29.6. The van der Waals surface area contributed by atoms with Crippen molar-refractivity contribution in [3.8, 4) is 17.3 Å². The number of anilines is 2. The van der Waals surface area contributed by atoms with Crippen LogP contribution >= 0.6 is 0 Å². The Bertz CT molecular complexity index is 1560. The molecular weight excluding hydrogens is 539 g/mol. The molecule has 216 valence electrons. The van der Waals surface area contributed by atoms with Crippen LogP contribution in [-0.4, -0.2) is 56.4 Å². The van der Waals surface area contributed by atoms with Gasteiger partial charge in [0.15, 0.2) is 17.2 Å². The van der Waals surface area contributed by atoms with E-state index in [0.29, 0.717) is 49.8 Å². The van der Waals surface area contributed by atoms with E-state index in [1.165, 1.54) is 36.1 Å². The number of fused-ring (bicyclic) bond motifs is 1. The van der Waals surface area contributed by atoms with E-state index < -0.39 is 17.9 Å². The van der Waals surface area contributed by atoms with Crippen molar-refractivity contribution in [3.63, 3.8) is 0 Å². The van der Waals surface area contributed by atoms with Gasteiger partial charge in [-0.25, -0.2) is 9.97 Å². The number of hydrogen-bond acceptors (Lipinski definition) is 8. The molecule has 0 bridgehead atoms. The summed E-state index contributed by atoms with van der Waals surface area (Å²) in [5, 5.41) is 18.8. The number of nitrogens with one attached hydrogen (secondary N) is 2. The number of amides is 1. The second kappa shape index (κ2) is 12.8. The number of halogens is 3. The van der Waals surface area contributed by atoms with Crippen LogP contribution in [0.1, 0.15) is 47.9 Å². The smallest absolute Gasteiger partial charge is 0.380 e. The summed E-state index contributed by atoms with van der Waals surface area (Å²) in [6, 6.07) is 6.23. The van der Waals surface area contributed by atoms with Crippen LogP contribution in [0.5, 0.6) is 0 Å². The van der Waals surface area contributed by atoms with Gasteiger partial charge in [-0.3, -0.25) is 13.9 Å². The zero-order valence-electron chi connectivity index (χ0n) is 22.6. The molecule has 0 radical (unpaired) electrons. The van der Waals surface area contributed by atoms with Crippen LogP contribution in [0.4, 0.5) is 24.7 Å². The van der Waals surface area contributed by atoms with E-state index in [4.69, 9.17) is 10.5 Å². The summed E-state index contributed by atoms with van der Waals surface area (Å²) in [6.45, 7) is 5.22. The molecule has 3 aromatic heterocycles. The lowest BCUT2D eigenvalue weighted by molar-refractivity contribution is -0.141. The van der Waals surface area contributed by atoms with E-state index in [1.807, 2.05) is 19.1 Å². The lowest BCUT2D eigenvalue weighted by Crippen LogP contribution is -2.28. The lowest BCUT2D eigenvalue weighted by Gasteiger charge is -2.13. The van der Waals surface area contributed by atoms with Gasteiger partial charge in [-0.1, -0.05) is 6.92 Å². The number of hydrogen-bond donors (Lipinski definition) is 3. The van der Waals surface area contributed by atoms with Crippen molar-refractivity contribution < 1.29 is 22.7 Å². The van der Waals surface area contributed by atoms with Crippen LogP contribution in [0.3, 0.4) is 0 Å². The van der Waals surface area contributed by atoms with E-state index in [-0.39, 0.29) is 22.8 Å². The van der Waals surface area contributed by atoms with Crippen LogP contribution in [0.2, 0.25) is 0 Å². The van der Waals surface area contributed by atoms with E-state index in [2.05, 4.69) is 25.7 Å². The third-order valence-electron chi connectivity index (χ3n) is 6.31. The van der Waals surface area contributed by atoms with Gasteiger partial charge in [0.2, 0.25) is 0 Å². The third kappa shape index (κ3) is 6.64. The van der Waals surface area contributed by atoms with Gasteiger partial charge in [-0.05, 0) is 50.1 Å². The van der Waals surface area contributed by atoms with E-state index in [0.717, 1.165) is 16.7 Å². The molecule has 1 amide bonds. The van der Waals surface area contributed by atoms with Crippen molar-refractivity contribution in [2.24, 2.45) is 5.73 Å². The van der Waals surface area contributed by atoms with Crippen LogP contribution in [0.25, 0.3) is 16.9 Å². The number of imidazole rings is 1. The molecule has 0 saturated carbocycles. The van der Waals surface area contributed by atoms with Crippen molar-refractivity contribution in [2.75, 3.05) is 31.6 Å². The van der Waals surface area contributed by atoms with Crippen molar-refractivity contribution in [2.45, 2.75) is 38.9 Å². The van der Waals surface area contributed by atoms with Gasteiger partial charge < -0.3 is 21.1 Å². The maximum absolute atomic E-state index is 13.8. The molecule has 1 aromatic carbocycles. The number of alkyl halides is 3. The molecule has 0 aliphatic rings. The number of aromatic nitrogens is 5. The predicted octanol–water partition coefficient (Wildman–Crippen LogP) is 4.10. The van der Waals surface area contributed by atoms with E-state index in [1.54, 1.807) is 12.1 Å². The zero-order valence-corrected chi connectivity index (χ0v) is 22.6. The summed E-state index contributed by atoms with van der Waals surface area (Å²) in [5.41, 5.74) is 6.48. The molecule has 14 heteroatoms. The van der Waals surface area contributed by atoms with Crippen molar-refractivity contribution in [1.82, 2.24) is 29.5 Å². The van der Waals surface area contributed by atoms with Crippen LogP contribution in [0, 0.1) is 11.3 Å². The average Bonchev–Trinajstić information content (AvgIpc) is 3.60. The van der Waals surface area contributed by atoms with Crippen LogP contribution < -0.4 is 16.4 Å². The first kappa shape index (κ1) is 29.5. The van der Waals surface area contributed by atoms with Gasteiger partial charge in [0.05, 0.1) is 30.1 Å². The molecule has 1 unspecified atom stereocenters. The Balaban J connectivity index is 1.58. The minimum absolute atomic E-state index is 0.141. The lowest BCUT2D eigenvalue weighted by atomic mass is 10.0. The Morgan fingerprint density at radius 2 is 2.07 bits per heavy atom. The van der Waals surface area contributed by atoms with Gasteiger partial charge >= 0.3 is 6.18 Å². The first-order chi connectivity index (χ1) is 19.7. The molecule has 4 rings (SSSR count). The molecule has 4 aromatic rings. The van der Waals surface area contributed by atoms with E-state index >= 15 is 0 Å². The normalized spacial score (nSPS) is 12.3. The van der Waals surface area contributed by atoms with Gasteiger partial charge in [-0.2, -0.15) is 23.5 Å². The quantitative estimate of drug-likeness (QED) is 0.216. The number of carbonyl (C=O) groups is 1. The topological polar surface area (TPSA) is 148 Å². The molecule has 0 spiro atoms. The molecular formula is C27H30F3N9O2. The SMILES string of the molecule is CCc1cc(Nc2nccn3c(-c4cn(C(C)C#N)nc4C(F)(F)F)cnc23)ccc1C(=O)NCCOCCCN. The fraction of sp³-hybridized carbons (Fsp3) is 0.370. The maximum atomic E-state index is 13.8. The van der Waals surface area contributed by atoms with Crippen LogP contribution in [0.15, 0.2) is 43.0 Å². The summed E-state index contributed by atoms with van der Waals surface area (Å²) in [7, 11) is 0. The number of nitriles is 1. The summed E-state index contributed by atoms with van der Waals surface area (Å²) in [5.74, 6) is 0.0830. The van der Waals surface area contributed by atoms with Gasteiger partial charge in [-0.15, -0.1) is 0 Å². The molecule has 0 saturated heterocycles. The highest BCUT2D eigenvalue weighted by atomic mass is 19.4. The second-order valence-electron chi connectivity index (χ2n) is 9.15. The predicted molar refractivity (Wildman–Crippen MR) is 145 cm³/mol. The highest BCUT2D eigenvalue weighted by Crippen LogP contribution is 2.37. The fourth-order valence-electron chi connectivity index (χ4n) is 4.19. The first-order valence-electron chi connectivity index (χ1n) is 13.0. The Morgan fingerprint density at radius 1 is 1.27 bits per heavy atom. The number of nitrogens with two attached hydrogens (primary N) is 1. The number of nitrogens with zero attached hydrogens (tertiary/aromatic N) is 6. The number of carbonyl (C=O) groups excluding carboxylic acids is 1. The fourth-order valence-corrected chi connectivity index (χ4v) is 4.19. The largest absolute Gasteiger partial charge is 0.435 e. The molecule has 0 aliphatic carbocycles. The Hall–Kier alpha value is -4.48. The number of aryl methyl sites for hydroxylation is 1. The summed E-state index contributed by atoms with van der Waals surface area (Å²) in [4.78, 5) is 21.4. The highest BCUT2D eigenvalue weighted by molar-refractivity contribution is 5.96. The summed E-state index contributed by atoms with van der Waals surface area (Å²) < 4.78 is 49.4. The van der Waals surface area contributed by atoms with E-state index in [9.17, 15) is 23.2 Å². The molecule has 3 heterocycles.